The van der Waals surface area contributed by atoms with Gasteiger partial charge < -0.3 is 5.11 Å². The van der Waals surface area contributed by atoms with E-state index in [1.54, 1.807) is 0 Å². The van der Waals surface area contributed by atoms with Gasteiger partial charge in [0.05, 0.1) is 12.6 Å². The van der Waals surface area contributed by atoms with Crippen LogP contribution in [-0.2, 0) is 4.79 Å². The molecule has 2 rings (SSSR count). The molecule has 0 saturated carbocycles. The van der Waals surface area contributed by atoms with Crippen LogP contribution in [0.1, 0.15) is 19.8 Å². The van der Waals surface area contributed by atoms with Crippen LogP contribution in [0.5, 0.6) is 0 Å². The Bertz CT molecular complexity index is 245. The fourth-order valence-corrected chi connectivity index (χ4v) is 2.59. The Morgan fingerprint density at radius 2 is 2.20 bits per heavy atom. The molecule has 0 amide bonds. The zero-order valence-corrected chi connectivity index (χ0v) is 9.35. The number of Topliss-reactive ketones (excluding diaryl/α,β-unsaturated/α-hetero) is 1. The second kappa shape index (κ2) is 4.60. The normalized spacial score (nSPS) is 32.9. The highest BCUT2D eigenvalue weighted by Crippen LogP contribution is 2.21. The predicted octanol–water partition coefficient (Wildman–Crippen LogP) is -0.284. The van der Waals surface area contributed by atoms with Gasteiger partial charge in [0.1, 0.15) is 5.78 Å². The molecule has 86 valence electrons. The van der Waals surface area contributed by atoms with E-state index in [0.717, 1.165) is 32.6 Å². The first-order chi connectivity index (χ1) is 7.19. The zero-order chi connectivity index (χ0) is 10.8. The highest BCUT2D eigenvalue weighted by Gasteiger charge is 2.35. The third kappa shape index (κ3) is 2.56. The number of rotatable bonds is 3. The molecule has 2 fully saturated rings. The van der Waals surface area contributed by atoms with E-state index in [1.807, 2.05) is 6.92 Å². The minimum atomic E-state index is -0.156. The number of hydrogen-bond donors (Lipinski definition) is 1. The number of piperazine rings is 1. The Morgan fingerprint density at radius 3 is 2.93 bits per heavy atom. The van der Waals surface area contributed by atoms with Crippen LogP contribution in [0.2, 0.25) is 0 Å². The topological polar surface area (TPSA) is 43.8 Å². The molecule has 0 aliphatic carbocycles. The maximum atomic E-state index is 11.3. The Kier molecular flexibility index (Phi) is 3.38. The smallest absolute Gasteiger partial charge is 0.146 e. The highest BCUT2D eigenvalue weighted by atomic mass is 16.3. The lowest BCUT2D eigenvalue weighted by molar-refractivity contribution is -0.120. The van der Waals surface area contributed by atoms with Gasteiger partial charge in [-0.3, -0.25) is 14.6 Å². The number of aliphatic hydroxyl groups excluding tert-OH is 1. The Balaban J connectivity index is 1.84. The van der Waals surface area contributed by atoms with Crippen LogP contribution < -0.4 is 0 Å². The van der Waals surface area contributed by atoms with Crippen LogP contribution in [0.3, 0.4) is 0 Å². The number of nitrogens with zero attached hydrogens (tertiary/aromatic N) is 2. The van der Waals surface area contributed by atoms with Crippen molar-refractivity contribution in [2.75, 3.05) is 32.7 Å². The maximum Gasteiger partial charge on any atom is 0.146 e. The second-order valence-corrected chi connectivity index (χ2v) is 4.67. The summed E-state index contributed by atoms with van der Waals surface area (Å²) in [5.74, 6) is 0.321. The molecule has 2 aliphatic heterocycles. The molecule has 2 unspecified atom stereocenters. The average Bonchev–Trinajstić information content (AvgIpc) is 2.57. The van der Waals surface area contributed by atoms with E-state index in [0.29, 0.717) is 24.8 Å². The molecule has 0 bridgehead atoms. The standard InChI is InChI=1S/C11H20N2O2/c1-2-10(14)7-12-3-4-13-8-11(15)5-9(13)6-12/h9,11,15H,2-8H2,1H3. The second-order valence-electron chi connectivity index (χ2n) is 4.67. The molecule has 0 spiro atoms. The molecule has 0 radical (unpaired) electrons. The molecule has 4 nitrogen and oxygen atoms in total. The third-order valence-electron chi connectivity index (χ3n) is 3.47. The first kappa shape index (κ1) is 11.0. The number of ketones is 1. The van der Waals surface area contributed by atoms with Gasteiger partial charge in [-0.05, 0) is 6.42 Å². The SMILES string of the molecule is CCC(=O)CN1CCN2CC(O)CC2C1. The monoisotopic (exact) mass is 212 g/mol. The van der Waals surface area contributed by atoms with Gasteiger partial charge in [0, 0.05) is 38.6 Å². The van der Waals surface area contributed by atoms with Gasteiger partial charge >= 0.3 is 0 Å². The van der Waals surface area contributed by atoms with E-state index in [-0.39, 0.29) is 6.10 Å². The molecule has 2 saturated heterocycles. The lowest BCUT2D eigenvalue weighted by atomic mass is 10.1. The molecular weight excluding hydrogens is 192 g/mol. The Hall–Kier alpha value is -0.450. The van der Waals surface area contributed by atoms with Gasteiger partial charge in [-0.1, -0.05) is 6.92 Å². The van der Waals surface area contributed by atoms with Crippen molar-refractivity contribution < 1.29 is 9.90 Å². The van der Waals surface area contributed by atoms with E-state index < -0.39 is 0 Å². The van der Waals surface area contributed by atoms with E-state index in [4.69, 9.17) is 0 Å². The Labute approximate surface area is 90.9 Å². The quantitative estimate of drug-likeness (QED) is 0.698. The summed E-state index contributed by atoms with van der Waals surface area (Å²) in [5.41, 5.74) is 0. The van der Waals surface area contributed by atoms with Crippen molar-refractivity contribution in [2.45, 2.75) is 31.9 Å². The average molecular weight is 212 g/mol. The van der Waals surface area contributed by atoms with Gasteiger partial charge in [0.2, 0.25) is 0 Å². The van der Waals surface area contributed by atoms with E-state index in [1.165, 1.54) is 0 Å². The first-order valence-corrected chi connectivity index (χ1v) is 5.85. The van der Waals surface area contributed by atoms with Gasteiger partial charge in [-0.25, -0.2) is 0 Å². The summed E-state index contributed by atoms with van der Waals surface area (Å²) in [4.78, 5) is 15.9. The highest BCUT2D eigenvalue weighted by molar-refractivity contribution is 5.80. The molecule has 1 N–H and O–H groups in total. The Morgan fingerprint density at radius 1 is 1.40 bits per heavy atom. The summed E-state index contributed by atoms with van der Waals surface area (Å²) in [7, 11) is 0. The molecule has 2 heterocycles. The van der Waals surface area contributed by atoms with E-state index >= 15 is 0 Å². The molecule has 15 heavy (non-hydrogen) atoms. The van der Waals surface area contributed by atoms with Crippen molar-refractivity contribution in [1.29, 1.82) is 0 Å². The van der Waals surface area contributed by atoms with Crippen LogP contribution in [-0.4, -0.2) is 65.6 Å². The lowest BCUT2D eigenvalue weighted by Crippen LogP contribution is -2.51. The summed E-state index contributed by atoms with van der Waals surface area (Å²) in [6.07, 6.45) is 1.35. The van der Waals surface area contributed by atoms with Gasteiger partial charge in [0.15, 0.2) is 0 Å². The van der Waals surface area contributed by atoms with Crippen LogP contribution in [0.25, 0.3) is 0 Å². The van der Waals surface area contributed by atoms with E-state index in [9.17, 15) is 9.90 Å². The minimum Gasteiger partial charge on any atom is -0.392 e. The van der Waals surface area contributed by atoms with Crippen LogP contribution in [0.15, 0.2) is 0 Å². The third-order valence-corrected chi connectivity index (χ3v) is 3.47. The number of fused-ring (bicyclic) bond motifs is 1. The molecule has 4 heteroatoms. The van der Waals surface area contributed by atoms with Gasteiger partial charge in [-0.15, -0.1) is 0 Å². The van der Waals surface area contributed by atoms with Crippen molar-refractivity contribution in [1.82, 2.24) is 9.80 Å². The largest absolute Gasteiger partial charge is 0.392 e. The van der Waals surface area contributed by atoms with Crippen LogP contribution in [0.4, 0.5) is 0 Å². The maximum absolute atomic E-state index is 11.3. The molecule has 0 aromatic heterocycles. The summed E-state index contributed by atoms with van der Waals surface area (Å²) in [5, 5.41) is 9.55. The number of aliphatic hydroxyl groups is 1. The van der Waals surface area contributed by atoms with Crippen molar-refractivity contribution in [3.63, 3.8) is 0 Å². The summed E-state index contributed by atoms with van der Waals surface area (Å²) in [6.45, 7) is 6.24. The molecule has 0 aromatic rings. The molecular formula is C11H20N2O2. The molecule has 0 aromatic carbocycles. The summed E-state index contributed by atoms with van der Waals surface area (Å²) < 4.78 is 0. The van der Waals surface area contributed by atoms with Gasteiger partial charge in [0.25, 0.3) is 0 Å². The van der Waals surface area contributed by atoms with Crippen molar-refractivity contribution >= 4 is 5.78 Å². The summed E-state index contributed by atoms with van der Waals surface area (Å²) in [6, 6.07) is 0.471. The van der Waals surface area contributed by atoms with E-state index in [2.05, 4.69) is 9.80 Å². The number of carbonyl (C=O) groups is 1. The van der Waals surface area contributed by atoms with Gasteiger partial charge in [-0.2, -0.15) is 0 Å². The fourth-order valence-electron chi connectivity index (χ4n) is 2.59. The molecule has 2 aliphatic rings. The fraction of sp³-hybridized carbons (Fsp3) is 0.909. The minimum absolute atomic E-state index is 0.156. The number of hydrogen-bond acceptors (Lipinski definition) is 4. The van der Waals surface area contributed by atoms with Crippen molar-refractivity contribution in [2.24, 2.45) is 0 Å². The number of carbonyl (C=O) groups excluding carboxylic acids is 1. The lowest BCUT2D eigenvalue weighted by Gasteiger charge is -2.36. The van der Waals surface area contributed by atoms with Crippen LogP contribution >= 0.6 is 0 Å². The van der Waals surface area contributed by atoms with Crippen LogP contribution in [0, 0.1) is 0 Å². The van der Waals surface area contributed by atoms with Crippen molar-refractivity contribution in [3.05, 3.63) is 0 Å². The predicted molar refractivity (Wildman–Crippen MR) is 57.7 cm³/mol. The first-order valence-electron chi connectivity index (χ1n) is 5.85. The van der Waals surface area contributed by atoms with Crippen molar-refractivity contribution in [3.8, 4) is 0 Å². The zero-order valence-electron chi connectivity index (χ0n) is 9.35. The summed E-state index contributed by atoms with van der Waals surface area (Å²) >= 11 is 0. The molecule has 2 atom stereocenters.